The van der Waals surface area contributed by atoms with Crippen molar-refractivity contribution in [1.82, 2.24) is 15.0 Å². The lowest BCUT2D eigenvalue weighted by Crippen LogP contribution is -2.39. The summed E-state index contributed by atoms with van der Waals surface area (Å²) in [7, 11) is 2.10. The lowest BCUT2D eigenvalue weighted by atomic mass is 9.95. The van der Waals surface area contributed by atoms with Gasteiger partial charge in [0.25, 0.3) is 0 Å². The molecular formula is C20H37N7O3. The van der Waals surface area contributed by atoms with Gasteiger partial charge >= 0.3 is 0 Å². The molecule has 0 unspecified atom stereocenters. The largest absolute Gasteiger partial charge is 0.378 e. The Kier molecular flexibility index (Phi) is 9.81. The molecule has 1 aromatic rings. The van der Waals surface area contributed by atoms with E-state index in [-0.39, 0.29) is 0 Å². The van der Waals surface area contributed by atoms with Crippen LogP contribution in [0, 0.1) is 0 Å². The molecule has 0 spiro atoms. The zero-order chi connectivity index (χ0) is 21.0. The number of nitrogens with two attached hydrogens (primary N) is 1. The molecule has 1 aliphatic heterocycles. The number of nitrogens with zero attached hydrogens (tertiary/aromatic N) is 5. The maximum atomic E-state index is 5.58. The minimum absolute atomic E-state index is 0.489. The maximum Gasteiger partial charge on any atom is 0.232 e. The Morgan fingerprint density at radius 3 is 2.50 bits per heavy atom. The first-order chi connectivity index (χ1) is 14.8. The van der Waals surface area contributed by atoms with Crippen LogP contribution in [0.15, 0.2) is 0 Å². The number of nitrogens with one attached hydrogen (secondary N) is 1. The molecule has 3 rings (SSSR count). The molecule has 2 aliphatic rings. The normalized spacial score (nSPS) is 17.9. The molecule has 0 aromatic carbocycles. The van der Waals surface area contributed by atoms with Gasteiger partial charge in [0.2, 0.25) is 17.8 Å². The molecule has 0 radical (unpaired) electrons. The average Bonchev–Trinajstić information content (AvgIpc) is 2.81. The van der Waals surface area contributed by atoms with Gasteiger partial charge in [-0.05, 0) is 12.8 Å². The van der Waals surface area contributed by atoms with E-state index in [1.165, 1.54) is 32.1 Å². The van der Waals surface area contributed by atoms with Crippen LogP contribution in [0.2, 0.25) is 0 Å². The molecule has 3 N–H and O–H groups in total. The van der Waals surface area contributed by atoms with Gasteiger partial charge in [0, 0.05) is 39.3 Å². The van der Waals surface area contributed by atoms with Gasteiger partial charge in [0.05, 0.1) is 39.6 Å². The van der Waals surface area contributed by atoms with Crippen molar-refractivity contribution in [2.24, 2.45) is 5.73 Å². The van der Waals surface area contributed by atoms with Crippen LogP contribution >= 0.6 is 0 Å². The van der Waals surface area contributed by atoms with Crippen LogP contribution in [0.5, 0.6) is 0 Å². The summed E-state index contributed by atoms with van der Waals surface area (Å²) < 4.78 is 16.4. The molecule has 2 heterocycles. The minimum Gasteiger partial charge on any atom is -0.378 e. The Balaban J connectivity index is 1.59. The lowest BCUT2D eigenvalue weighted by molar-refractivity contribution is 0.0547. The third-order valence-corrected chi connectivity index (χ3v) is 5.51. The van der Waals surface area contributed by atoms with E-state index in [1.807, 2.05) is 0 Å². The fraction of sp³-hybridized carbons (Fsp3) is 0.850. The Hall–Kier alpha value is -1.75. The van der Waals surface area contributed by atoms with Crippen molar-refractivity contribution in [2.45, 2.75) is 38.1 Å². The summed E-state index contributed by atoms with van der Waals surface area (Å²) in [6, 6.07) is 0.489. The molecule has 1 saturated carbocycles. The summed E-state index contributed by atoms with van der Waals surface area (Å²) in [4.78, 5) is 18.5. The van der Waals surface area contributed by atoms with Crippen LogP contribution < -0.4 is 20.9 Å². The SMILES string of the molecule is CN(c1nc(NCCOCCOCCN)nc(N2CCOCC2)n1)C1CCCCC1. The molecule has 0 amide bonds. The molecule has 2 fully saturated rings. The number of hydrogen-bond donors (Lipinski definition) is 2. The Morgan fingerprint density at radius 2 is 1.77 bits per heavy atom. The molecule has 170 valence electrons. The van der Waals surface area contributed by atoms with Crippen LogP contribution in [0.25, 0.3) is 0 Å². The molecule has 1 aromatic heterocycles. The molecule has 1 aliphatic carbocycles. The van der Waals surface area contributed by atoms with Crippen molar-refractivity contribution < 1.29 is 14.2 Å². The van der Waals surface area contributed by atoms with Crippen LogP contribution in [0.3, 0.4) is 0 Å². The Bertz CT molecular complexity index is 610. The van der Waals surface area contributed by atoms with Crippen LogP contribution in [0.1, 0.15) is 32.1 Å². The van der Waals surface area contributed by atoms with Crippen molar-refractivity contribution in [2.75, 3.05) is 88.0 Å². The van der Waals surface area contributed by atoms with Crippen molar-refractivity contribution in [3.63, 3.8) is 0 Å². The summed E-state index contributed by atoms with van der Waals surface area (Å²) in [6.45, 7) is 6.36. The first kappa shape index (κ1) is 22.9. The topological polar surface area (TPSA) is 111 Å². The van der Waals surface area contributed by atoms with Gasteiger partial charge in [-0.1, -0.05) is 19.3 Å². The summed E-state index contributed by atoms with van der Waals surface area (Å²) in [6.07, 6.45) is 6.25. The van der Waals surface area contributed by atoms with Gasteiger partial charge in [-0.25, -0.2) is 0 Å². The number of morpholine rings is 1. The standard InChI is InChI=1S/C20H37N7O3/c1-26(17-5-3-2-4-6-17)19-23-18(22-8-12-29-16-15-28-11-7-21)24-20(25-19)27-9-13-30-14-10-27/h17H,2-16,21H2,1H3,(H,22,23,24,25). The van der Waals surface area contributed by atoms with Crippen molar-refractivity contribution in [3.05, 3.63) is 0 Å². The number of aromatic nitrogens is 3. The van der Waals surface area contributed by atoms with Crippen LogP contribution in [-0.2, 0) is 14.2 Å². The number of rotatable bonds is 12. The molecule has 0 bridgehead atoms. The summed E-state index contributed by atoms with van der Waals surface area (Å²) >= 11 is 0. The van der Waals surface area contributed by atoms with Gasteiger partial charge in [0.15, 0.2) is 0 Å². The zero-order valence-electron chi connectivity index (χ0n) is 18.2. The van der Waals surface area contributed by atoms with E-state index >= 15 is 0 Å². The zero-order valence-corrected chi connectivity index (χ0v) is 18.2. The van der Waals surface area contributed by atoms with E-state index in [1.54, 1.807) is 0 Å². The second kappa shape index (κ2) is 12.8. The fourth-order valence-electron chi connectivity index (χ4n) is 3.77. The molecule has 1 saturated heterocycles. The summed E-state index contributed by atoms with van der Waals surface area (Å²) in [5, 5.41) is 3.29. The van der Waals surface area contributed by atoms with Crippen molar-refractivity contribution in [3.8, 4) is 0 Å². The van der Waals surface area contributed by atoms with Gasteiger partial charge in [-0.3, -0.25) is 0 Å². The maximum absolute atomic E-state index is 5.58. The predicted octanol–water partition coefficient (Wildman–Crippen LogP) is 0.881. The van der Waals surface area contributed by atoms with E-state index in [0.29, 0.717) is 70.7 Å². The quantitative estimate of drug-likeness (QED) is 0.470. The third-order valence-electron chi connectivity index (χ3n) is 5.51. The number of ether oxygens (including phenoxy) is 3. The van der Waals surface area contributed by atoms with Gasteiger partial charge < -0.3 is 35.1 Å². The highest BCUT2D eigenvalue weighted by Gasteiger charge is 2.23. The highest BCUT2D eigenvalue weighted by atomic mass is 16.5. The van der Waals surface area contributed by atoms with Crippen LogP contribution in [-0.4, -0.2) is 93.9 Å². The fourth-order valence-corrected chi connectivity index (χ4v) is 3.77. The van der Waals surface area contributed by atoms with E-state index in [2.05, 4.69) is 27.1 Å². The average molecular weight is 424 g/mol. The first-order valence-corrected chi connectivity index (χ1v) is 11.2. The Morgan fingerprint density at radius 1 is 1.03 bits per heavy atom. The molecule has 0 atom stereocenters. The van der Waals surface area contributed by atoms with Crippen molar-refractivity contribution >= 4 is 17.8 Å². The molecule has 30 heavy (non-hydrogen) atoms. The number of hydrogen-bond acceptors (Lipinski definition) is 10. The second-order valence-electron chi connectivity index (χ2n) is 7.70. The monoisotopic (exact) mass is 423 g/mol. The van der Waals surface area contributed by atoms with Gasteiger partial charge in [-0.15, -0.1) is 0 Å². The highest BCUT2D eigenvalue weighted by molar-refractivity contribution is 5.45. The molecule has 10 heteroatoms. The minimum atomic E-state index is 0.489. The summed E-state index contributed by atoms with van der Waals surface area (Å²) in [5.74, 6) is 2.04. The van der Waals surface area contributed by atoms with Crippen molar-refractivity contribution in [1.29, 1.82) is 0 Å². The second-order valence-corrected chi connectivity index (χ2v) is 7.70. The van der Waals surface area contributed by atoms with Crippen LogP contribution in [0.4, 0.5) is 17.8 Å². The number of anilines is 3. The van der Waals surface area contributed by atoms with E-state index in [0.717, 1.165) is 19.0 Å². The van der Waals surface area contributed by atoms with E-state index in [4.69, 9.17) is 29.9 Å². The first-order valence-electron chi connectivity index (χ1n) is 11.2. The Labute approximate surface area is 179 Å². The smallest absolute Gasteiger partial charge is 0.232 e. The molecule has 10 nitrogen and oxygen atoms in total. The van der Waals surface area contributed by atoms with E-state index < -0.39 is 0 Å². The van der Waals surface area contributed by atoms with Gasteiger partial charge in [0.1, 0.15) is 0 Å². The predicted molar refractivity (Wildman–Crippen MR) is 117 cm³/mol. The highest BCUT2D eigenvalue weighted by Crippen LogP contribution is 2.25. The molecular weight excluding hydrogens is 386 g/mol. The van der Waals surface area contributed by atoms with E-state index in [9.17, 15) is 0 Å². The third kappa shape index (κ3) is 7.19. The summed E-state index contributed by atoms with van der Waals surface area (Å²) in [5.41, 5.74) is 5.39. The van der Waals surface area contributed by atoms with Gasteiger partial charge in [-0.2, -0.15) is 15.0 Å². The lowest BCUT2D eigenvalue weighted by Gasteiger charge is -2.32.